The fourth-order valence-corrected chi connectivity index (χ4v) is 5.26. The number of amides is 2. The highest BCUT2D eigenvalue weighted by Crippen LogP contribution is 2.54. The van der Waals surface area contributed by atoms with Gasteiger partial charge in [-0.3, -0.25) is 14.9 Å². The highest BCUT2D eigenvalue weighted by molar-refractivity contribution is 6.31. The SMILES string of the molecule is COC(=O)[C@]1(c2ccccc2)N[C@H](c2ccccc2)[C@@H]2C(=O)N(c3ccc(Cl)cc3)C(=O)[C@H]21. The summed E-state index contributed by atoms with van der Waals surface area (Å²) >= 11 is 6.02. The van der Waals surface area contributed by atoms with Gasteiger partial charge < -0.3 is 4.74 Å². The summed E-state index contributed by atoms with van der Waals surface area (Å²) in [6.07, 6.45) is 0. The van der Waals surface area contributed by atoms with E-state index in [-0.39, 0.29) is 5.91 Å². The summed E-state index contributed by atoms with van der Waals surface area (Å²) in [4.78, 5) is 42.3. The molecule has 166 valence electrons. The van der Waals surface area contributed by atoms with Crippen LogP contribution >= 0.6 is 11.6 Å². The predicted octanol–water partition coefficient (Wildman–Crippen LogP) is 3.86. The monoisotopic (exact) mass is 460 g/mol. The molecule has 0 bridgehead atoms. The van der Waals surface area contributed by atoms with E-state index < -0.39 is 35.3 Å². The molecule has 2 heterocycles. The van der Waals surface area contributed by atoms with Gasteiger partial charge in [0.15, 0.2) is 5.54 Å². The number of rotatable bonds is 4. The Bertz CT molecular complexity index is 1220. The van der Waals surface area contributed by atoms with Gasteiger partial charge in [0.1, 0.15) is 0 Å². The second-order valence-corrected chi connectivity index (χ2v) is 8.63. The Kier molecular flexibility index (Phi) is 5.27. The molecule has 0 spiro atoms. The molecule has 0 aliphatic carbocycles. The number of anilines is 1. The molecule has 0 unspecified atom stereocenters. The van der Waals surface area contributed by atoms with Crippen LogP contribution in [0.25, 0.3) is 0 Å². The van der Waals surface area contributed by atoms with Crippen LogP contribution in [0.5, 0.6) is 0 Å². The van der Waals surface area contributed by atoms with Crippen LogP contribution in [0, 0.1) is 11.8 Å². The second kappa shape index (κ2) is 8.14. The van der Waals surface area contributed by atoms with Gasteiger partial charge in [0.2, 0.25) is 11.8 Å². The average molecular weight is 461 g/mol. The van der Waals surface area contributed by atoms with Crippen molar-refractivity contribution in [2.45, 2.75) is 11.6 Å². The lowest BCUT2D eigenvalue weighted by Gasteiger charge is -2.33. The van der Waals surface area contributed by atoms with E-state index in [2.05, 4.69) is 5.32 Å². The Hall–Kier alpha value is -3.48. The van der Waals surface area contributed by atoms with E-state index in [1.54, 1.807) is 48.5 Å². The third-order valence-electron chi connectivity index (χ3n) is 6.54. The molecular weight excluding hydrogens is 440 g/mol. The zero-order valence-electron chi connectivity index (χ0n) is 17.8. The van der Waals surface area contributed by atoms with Gasteiger partial charge >= 0.3 is 5.97 Å². The first-order chi connectivity index (χ1) is 16.0. The van der Waals surface area contributed by atoms with Crippen molar-refractivity contribution >= 4 is 35.1 Å². The highest BCUT2D eigenvalue weighted by Gasteiger charge is 2.69. The zero-order valence-corrected chi connectivity index (χ0v) is 18.5. The minimum absolute atomic E-state index is 0.365. The molecule has 3 aromatic rings. The quantitative estimate of drug-likeness (QED) is 0.472. The third-order valence-corrected chi connectivity index (χ3v) is 6.79. The number of benzene rings is 3. The largest absolute Gasteiger partial charge is 0.467 e. The highest BCUT2D eigenvalue weighted by atomic mass is 35.5. The number of nitrogens with zero attached hydrogens (tertiary/aromatic N) is 1. The molecular formula is C26H21ClN2O4. The number of nitrogens with one attached hydrogen (secondary N) is 1. The summed E-state index contributed by atoms with van der Waals surface area (Å²) in [7, 11) is 1.29. The Morgan fingerprint density at radius 3 is 2.12 bits per heavy atom. The van der Waals surface area contributed by atoms with Crippen molar-refractivity contribution in [2.75, 3.05) is 12.0 Å². The molecule has 2 saturated heterocycles. The van der Waals surface area contributed by atoms with E-state index in [4.69, 9.17) is 16.3 Å². The maximum atomic E-state index is 13.9. The average Bonchev–Trinajstić information content (AvgIpc) is 3.35. The first-order valence-corrected chi connectivity index (χ1v) is 11.0. The molecule has 2 aliphatic rings. The fourth-order valence-electron chi connectivity index (χ4n) is 5.13. The lowest BCUT2D eigenvalue weighted by molar-refractivity contribution is -0.152. The minimum atomic E-state index is -1.52. The van der Waals surface area contributed by atoms with Crippen LogP contribution in [0.15, 0.2) is 84.9 Å². The van der Waals surface area contributed by atoms with Gasteiger partial charge in [0, 0.05) is 11.1 Å². The van der Waals surface area contributed by atoms with Crippen LogP contribution in [0.3, 0.4) is 0 Å². The van der Waals surface area contributed by atoms with Gasteiger partial charge in [0.25, 0.3) is 0 Å². The first kappa shape index (κ1) is 21.4. The van der Waals surface area contributed by atoms with E-state index in [0.717, 1.165) is 5.56 Å². The molecule has 5 rings (SSSR count). The van der Waals surface area contributed by atoms with E-state index in [1.165, 1.54) is 12.0 Å². The Morgan fingerprint density at radius 1 is 0.909 bits per heavy atom. The van der Waals surface area contributed by atoms with Crippen molar-refractivity contribution in [3.05, 3.63) is 101 Å². The lowest BCUT2D eigenvalue weighted by atomic mass is 9.75. The molecule has 0 radical (unpaired) electrons. The maximum Gasteiger partial charge on any atom is 0.331 e. The van der Waals surface area contributed by atoms with Crippen molar-refractivity contribution < 1.29 is 19.1 Å². The lowest BCUT2D eigenvalue weighted by Crippen LogP contribution is -2.53. The van der Waals surface area contributed by atoms with E-state index >= 15 is 0 Å². The summed E-state index contributed by atoms with van der Waals surface area (Å²) in [5, 5.41) is 3.86. The smallest absolute Gasteiger partial charge is 0.331 e. The number of carbonyl (C=O) groups excluding carboxylic acids is 3. The minimum Gasteiger partial charge on any atom is -0.467 e. The van der Waals surface area contributed by atoms with Crippen molar-refractivity contribution in [3.8, 4) is 0 Å². The van der Waals surface area contributed by atoms with E-state index in [9.17, 15) is 14.4 Å². The van der Waals surface area contributed by atoms with E-state index in [0.29, 0.717) is 16.3 Å². The first-order valence-electron chi connectivity index (χ1n) is 10.6. The Balaban J connectivity index is 1.72. The molecule has 2 aliphatic heterocycles. The van der Waals surface area contributed by atoms with Gasteiger partial charge in [-0.15, -0.1) is 0 Å². The molecule has 7 heteroatoms. The summed E-state index contributed by atoms with van der Waals surface area (Å²) in [6.45, 7) is 0. The van der Waals surface area contributed by atoms with Gasteiger partial charge in [-0.05, 0) is 35.4 Å². The molecule has 0 saturated carbocycles. The summed E-state index contributed by atoms with van der Waals surface area (Å²) in [6, 6.07) is 24.3. The van der Waals surface area contributed by atoms with Crippen LogP contribution in [-0.2, 0) is 24.7 Å². The number of fused-ring (bicyclic) bond motifs is 1. The Morgan fingerprint density at radius 2 is 1.52 bits per heavy atom. The number of methoxy groups -OCH3 is 1. The predicted molar refractivity (Wildman–Crippen MR) is 123 cm³/mol. The van der Waals surface area contributed by atoms with Crippen LogP contribution < -0.4 is 10.2 Å². The standard InChI is InChI=1S/C26H21ClN2O4/c1-33-25(32)26(17-10-6-3-7-11-17)21-20(22(28-26)16-8-4-2-5-9-16)23(30)29(24(21)31)19-14-12-18(27)13-15-19/h2-15,20-22,28H,1H3/t20-,21+,22-,26-/m1/s1. The van der Waals surface area contributed by atoms with Crippen LogP contribution in [-0.4, -0.2) is 24.9 Å². The number of hydrogen-bond donors (Lipinski definition) is 1. The van der Waals surface area contributed by atoms with Gasteiger partial charge in [-0.25, -0.2) is 9.69 Å². The number of hydrogen-bond acceptors (Lipinski definition) is 5. The Labute approximate surface area is 196 Å². The molecule has 6 nitrogen and oxygen atoms in total. The van der Waals surface area contributed by atoms with Crippen LogP contribution in [0.4, 0.5) is 5.69 Å². The molecule has 4 atom stereocenters. The third kappa shape index (κ3) is 3.17. The fraction of sp³-hybridized carbons (Fsp3) is 0.192. The number of esters is 1. The number of ether oxygens (including phenoxy) is 1. The van der Waals surface area contributed by atoms with Gasteiger partial charge in [-0.1, -0.05) is 72.3 Å². The second-order valence-electron chi connectivity index (χ2n) is 8.19. The van der Waals surface area contributed by atoms with E-state index in [1.807, 2.05) is 36.4 Å². The van der Waals surface area contributed by atoms with Gasteiger partial charge in [0.05, 0.1) is 24.6 Å². The summed E-state index contributed by atoms with van der Waals surface area (Å²) in [5.74, 6) is -3.21. The molecule has 3 aromatic carbocycles. The zero-order chi connectivity index (χ0) is 23.2. The molecule has 2 fully saturated rings. The van der Waals surface area contributed by atoms with Crippen molar-refractivity contribution in [1.82, 2.24) is 5.32 Å². The molecule has 33 heavy (non-hydrogen) atoms. The van der Waals surface area contributed by atoms with Crippen LogP contribution in [0.2, 0.25) is 5.02 Å². The number of imide groups is 1. The van der Waals surface area contributed by atoms with Crippen molar-refractivity contribution in [1.29, 1.82) is 0 Å². The summed E-state index contributed by atoms with van der Waals surface area (Å²) in [5.41, 5.74) is 0.287. The normalized spacial score (nSPS) is 26.4. The number of halogens is 1. The van der Waals surface area contributed by atoms with Crippen molar-refractivity contribution in [2.24, 2.45) is 11.8 Å². The number of carbonyl (C=O) groups is 3. The van der Waals surface area contributed by atoms with Crippen LogP contribution in [0.1, 0.15) is 17.2 Å². The summed E-state index contributed by atoms with van der Waals surface area (Å²) < 4.78 is 5.22. The molecule has 0 aromatic heterocycles. The molecule has 2 amide bonds. The van der Waals surface area contributed by atoms with Crippen molar-refractivity contribution in [3.63, 3.8) is 0 Å². The molecule has 1 N–H and O–H groups in total. The van der Waals surface area contributed by atoms with Gasteiger partial charge in [-0.2, -0.15) is 0 Å². The maximum absolute atomic E-state index is 13.9. The topological polar surface area (TPSA) is 75.7 Å².